The van der Waals surface area contributed by atoms with Gasteiger partial charge in [-0.25, -0.2) is 9.98 Å². The fourth-order valence-electron chi connectivity index (χ4n) is 0.863. The molecule has 2 rings (SSSR count). The van der Waals surface area contributed by atoms with E-state index in [-0.39, 0.29) is 11.6 Å². The maximum Gasteiger partial charge on any atom is 0.339 e. The molecule has 1 aliphatic heterocycles. The Bertz CT molecular complexity index is 435. The van der Waals surface area contributed by atoms with Crippen LogP contribution in [0, 0.1) is 0 Å². The van der Waals surface area contributed by atoms with E-state index >= 15 is 0 Å². The number of rotatable bonds is 0. The molecule has 0 spiro atoms. The highest BCUT2D eigenvalue weighted by Gasteiger charge is 2.14. The minimum absolute atomic E-state index is 0. The van der Waals surface area contributed by atoms with Crippen LogP contribution in [-0.4, -0.2) is 16.8 Å². The third-order valence-corrected chi connectivity index (χ3v) is 1.38. The molecular weight excluding hydrogens is 172 g/mol. The summed E-state index contributed by atoms with van der Waals surface area (Å²) in [4.78, 5) is 32.1. The molecule has 1 aliphatic rings. The monoisotopic (exact) mass is 175 g/mol. The Morgan fingerprint density at radius 3 is 2.54 bits per heavy atom. The van der Waals surface area contributed by atoms with Crippen molar-refractivity contribution >= 4 is 11.8 Å². The van der Waals surface area contributed by atoms with Crippen LogP contribution in [-0.2, 0) is 9.59 Å². The van der Waals surface area contributed by atoms with Crippen molar-refractivity contribution in [3.63, 3.8) is 0 Å². The molecule has 0 aliphatic carbocycles. The number of nitrogens with zero attached hydrogens (tertiary/aromatic N) is 4. The minimum atomic E-state index is -0.860. The summed E-state index contributed by atoms with van der Waals surface area (Å²) in [5, 5.41) is 0.349. The van der Waals surface area contributed by atoms with Crippen molar-refractivity contribution in [2.24, 2.45) is 9.98 Å². The smallest absolute Gasteiger partial charge is 0.261 e. The van der Waals surface area contributed by atoms with Crippen LogP contribution in [0.2, 0.25) is 0 Å². The molecular formula is C7H3N4O2. The number of aromatic nitrogens is 1. The zero-order valence-electron chi connectivity index (χ0n) is 6.34. The van der Waals surface area contributed by atoms with E-state index in [0.29, 0.717) is 5.36 Å². The van der Waals surface area contributed by atoms with Crippen LogP contribution in [0.15, 0.2) is 28.3 Å². The summed E-state index contributed by atoms with van der Waals surface area (Å²) in [5.41, 5.74) is 0.210. The van der Waals surface area contributed by atoms with Crippen molar-refractivity contribution in [3.05, 3.63) is 29.2 Å². The summed E-state index contributed by atoms with van der Waals surface area (Å²) in [5.74, 6) is -1.70. The number of fused-ring (bicyclic) bond motifs is 1. The lowest BCUT2D eigenvalue weighted by Crippen LogP contribution is -2.36. The van der Waals surface area contributed by atoms with Gasteiger partial charge in [0.05, 0.1) is 0 Å². The van der Waals surface area contributed by atoms with Gasteiger partial charge in [-0.3, -0.25) is 9.59 Å². The second-order valence-corrected chi connectivity index (χ2v) is 2.18. The van der Waals surface area contributed by atoms with Crippen LogP contribution in [0.5, 0.6) is 0 Å². The summed E-state index contributed by atoms with van der Waals surface area (Å²) in [6.45, 7) is 0. The fourth-order valence-corrected chi connectivity index (χ4v) is 0.863. The van der Waals surface area contributed by atoms with Crippen LogP contribution >= 0.6 is 0 Å². The molecule has 0 N–H and O–H groups in total. The van der Waals surface area contributed by atoms with E-state index in [2.05, 4.69) is 15.0 Å². The molecule has 3 radical (unpaired) electrons. The zero-order valence-corrected chi connectivity index (χ0v) is 6.34. The van der Waals surface area contributed by atoms with Gasteiger partial charge in [0.2, 0.25) is 0 Å². The molecule has 6 heteroatoms. The van der Waals surface area contributed by atoms with Crippen molar-refractivity contribution < 1.29 is 9.59 Å². The molecule has 63 valence electrons. The third-order valence-electron chi connectivity index (χ3n) is 1.38. The van der Waals surface area contributed by atoms with Crippen LogP contribution in [0.25, 0.3) is 0 Å². The van der Waals surface area contributed by atoms with Gasteiger partial charge in [0, 0.05) is 12.3 Å². The van der Waals surface area contributed by atoms with Gasteiger partial charge in [-0.05, 0) is 12.1 Å². The molecule has 2 heterocycles. The van der Waals surface area contributed by atoms with E-state index < -0.39 is 11.8 Å². The SMILES string of the molecule is O=C1N=c2cccnc2=NC1=O.[N]. The summed E-state index contributed by atoms with van der Waals surface area (Å²) < 4.78 is 0. The van der Waals surface area contributed by atoms with Crippen molar-refractivity contribution in [2.45, 2.75) is 0 Å². The second kappa shape index (κ2) is 3.20. The molecule has 0 fully saturated rings. The first kappa shape index (κ1) is 9.14. The lowest BCUT2D eigenvalue weighted by Gasteiger charge is -1.93. The summed E-state index contributed by atoms with van der Waals surface area (Å²) >= 11 is 0. The number of carbonyl (C=O) groups excluding carboxylic acids is 2. The quantitative estimate of drug-likeness (QED) is 0.422. The average molecular weight is 175 g/mol. The molecule has 0 bridgehead atoms. The second-order valence-electron chi connectivity index (χ2n) is 2.18. The van der Waals surface area contributed by atoms with Gasteiger partial charge in [0.1, 0.15) is 5.36 Å². The number of pyridine rings is 1. The van der Waals surface area contributed by atoms with Crippen LogP contribution < -0.4 is 17.0 Å². The van der Waals surface area contributed by atoms with Crippen LogP contribution in [0.3, 0.4) is 0 Å². The Balaban J connectivity index is 0.000000845. The molecule has 0 atom stereocenters. The number of hydrogen-bond acceptors (Lipinski definition) is 3. The van der Waals surface area contributed by atoms with E-state index in [1.807, 2.05) is 0 Å². The maximum absolute atomic E-state index is 10.7. The van der Waals surface area contributed by atoms with Crippen molar-refractivity contribution in [1.82, 2.24) is 11.1 Å². The third kappa shape index (κ3) is 1.47. The van der Waals surface area contributed by atoms with Crippen LogP contribution in [0.1, 0.15) is 0 Å². The van der Waals surface area contributed by atoms with Crippen LogP contribution in [0.4, 0.5) is 0 Å². The minimum Gasteiger partial charge on any atom is -0.261 e. The highest BCUT2D eigenvalue weighted by atomic mass is 16.2. The summed E-state index contributed by atoms with van der Waals surface area (Å²) in [6.07, 6.45) is 1.49. The molecule has 13 heavy (non-hydrogen) atoms. The van der Waals surface area contributed by atoms with E-state index in [9.17, 15) is 9.59 Å². The van der Waals surface area contributed by atoms with E-state index in [0.717, 1.165) is 0 Å². The summed E-state index contributed by atoms with van der Waals surface area (Å²) in [7, 11) is 0. The average Bonchev–Trinajstić information content (AvgIpc) is 2.07. The highest BCUT2D eigenvalue weighted by Crippen LogP contribution is 1.82. The normalized spacial score (nSPS) is 13.5. The molecule has 6 nitrogen and oxygen atoms in total. The van der Waals surface area contributed by atoms with Crippen molar-refractivity contribution in [1.29, 1.82) is 0 Å². The standard InChI is InChI=1S/C7H3N3O2.N/c11-6-7(12)10-5-4(9-6)2-1-3-8-5;/h1-3H;. The maximum atomic E-state index is 10.7. The number of carbonyl (C=O) groups is 2. The van der Waals surface area contributed by atoms with Gasteiger partial charge >= 0.3 is 11.8 Å². The van der Waals surface area contributed by atoms with E-state index in [1.54, 1.807) is 12.1 Å². The summed E-state index contributed by atoms with van der Waals surface area (Å²) in [6, 6.07) is 3.21. The predicted molar refractivity (Wildman–Crippen MR) is 38.7 cm³/mol. The number of amides is 2. The molecule has 0 aromatic carbocycles. The number of hydrogen-bond donors (Lipinski definition) is 0. The lowest BCUT2D eigenvalue weighted by molar-refractivity contribution is -0.135. The Morgan fingerprint density at radius 2 is 1.77 bits per heavy atom. The first-order valence-electron chi connectivity index (χ1n) is 3.24. The molecule has 0 saturated carbocycles. The van der Waals surface area contributed by atoms with E-state index in [4.69, 9.17) is 0 Å². The van der Waals surface area contributed by atoms with Gasteiger partial charge in [0.25, 0.3) is 0 Å². The fraction of sp³-hybridized carbons (Fsp3) is 0. The largest absolute Gasteiger partial charge is 0.339 e. The topological polar surface area (TPSA) is 102 Å². The molecule has 0 unspecified atom stereocenters. The predicted octanol–water partition coefficient (Wildman–Crippen LogP) is -2.09. The highest BCUT2D eigenvalue weighted by molar-refractivity contribution is 6.36. The first-order chi connectivity index (χ1) is 5.77. The van der Waals surface area contributed by atoms with Gasteiger partial charge in [-0.1, -0.05) is 0 Å². The zero-order chi connectivity index (χ0) is 8.55. The Labute approximate surface area is 72.6 Å². The Hall–Kier alpha value is -1.95. The first-order valence-corrected chi connectivity index (χ1v) is 3.24. The van der Waals surface area contributed by atoms with Gasteiger partial charge < -0.3 is 0 Å². The van der Waals surface area contributed by atoms with Gasteiger partial charge in [0.15, 0.2) is 5.49 Å². The van der Waals surface area contributed by atoms with Crippen molar-refractivity contribution in [3.8, 4) is 0 Å². The molecule has 1 aromatic heterocycles. The van der Waals surface area contributed by atoms with Gasteiger partial charge in [-0.15, -0.1) is 0 Å². The lowest BCUT2D eigenvalue weighted by atomic mass is 10.4. The van der Waals surface area contributed by atoms with E-state index in [1.165, 1.54) is 6.20 Å². The van der Waals surface area contributed by atoms with Crippen molar-refractivity contribution in [2.75, 3.05) is 0 Å². The Kier molecular flexibility index (Phi) is 2.25. The molecule has 2 amide bonds. The van der Waals surface area contributed by atoms with Gasteiger partial charge in [-0.2, -0.15) is 4.99 Å². The Morgan fingerprint density at radius 1 is 1.08 bits per heavy atom. The molecule has 0 saturated heterocycles. The molecule has 1 aromatic rings.